The Labute approximate surface area is 231 Å². The summed E-state index contributed by atoms with van der Waals surface area (Å²) < 4.78 is 1.92. The van der Waals surface area contributed by atoms with Crippen LogP contribution in [0.3, 0.4) is 0 Å². The Bertz CT molecular complexity index is 1390. The lowest BCUT2D eigenvalue weighted by molar-refractivity contribution is -0.137. The highest BCUT2D eigenvalue weighted by molar-refractivity contribution is 8.26. The number of hydrogen-bond acceptors (Lipinski definition) is 7. The van der Waals surface area contributed by atoms with Crippen LogP contribution in [0.4, 0.5) is 5.82 Å². The van der Waals surface area contributed by atoms with Crippen molar-refractivity contribution in [2.45, 2.75) is 46.1 Å². The van der Waals surface area contributed by atoms with E-state index in [9.17, 15) is 19.6 Å². The molecule has 0 spiro atoms. The highest BCUT2D eigenvalue weighted by Crippen LogP contribution is 2.37. The first kappa shape index (κ1) is 27.6. The molecule has 8 nitrogen and oxygen atoms in total. The van der Waals surface area contributed by atoms with Crippen LogP contribution in [0.5, 0.6) is 0 Å². The Hall–Kier alpha value is -3.42. The third kappa shape index (κ3) is 5.69. The highest BCUT2D eigenvalue weighted by atomic mass is 32.2. The Balaban J connectivity index is 1.69. The predicted octanol–water partition coefficient (Wildman–Crippen LogP) is 4.18. The van der Waals surface area contributed by atoms with Gasteiger partial charge in [-0.2, -0.15) is 5.26 Å². The van der Waals surface area contributed by atoms with E-state index in [0.717, 1.165) is 44.1 Å². The first-order valence-electron chi connectivity index (χ1n) is 12.7. The molecule has 3 heterocycles. The molecule has 1 aromatic heterocycles. The molecular weight excluding hydrogens is 520 g/mol. The standard InChI is InChI=1S/C28H30N4O4S2/c1-3-31-25(30-12-9-20(10-13-30)15-19-7-5-4-6-8-19)21(18(2)22(17-29)26(31)35)16-23-27(36)32(28(37)38-23)14-11-24(33)34/h4-8,16,20H,3,9-15H2,1-2H3,(H,33,34)/b23-16+. The molecule has 1 aromatic carbocycles. The van der Waals surface area contributed by atoms with Crippen molar-refractivity contribution in [2.24, 2.45) is 5.92 Å². The zero-order valence-corrected chi connectivity index (χ0v) is 23.1. The van der Waals surface area contributed by atoms with Crippen molar-refractivity contribution in [3.63, 3.8) is 0 Å². The summed E-state index contributed by atoms with van der Waals surface area (Å²) in [6, 6.07) is 12.5. The number of nitriles is 1. The van der Waals surface area contributed by atoms with Gasteiger partial charge in [-0.15, -0.1) is 0 Å². The average Bonchev–Trinajstić information content (AvgIpc) is 3.17. The number of amides is 1. The van der Waals surface area contributed by atoms with E-state index < -0.39 is 5.97 Å². The number of aliphatic carboxylic acids is 1. The minimum absolute atomic E-state index is 0.00396. The fraction of sp³-hybridized carbons (Fsp3) is 0.393. The molecule has 2 fully saturated rings. The van der Waals surface area contributed by atoms with Gasteiger partial charge < -0.3 is 10.0 Å². The molecule has 0 atom stereocenters. The zero-order valence-electron chi connectivity index (χ0n) is 21.5. The molecule has 2 aromatic rings. The SMILES string of the molecule is CCn1c(N2CCC(Cc3ccccc3)CC2)c(/C=C2/SC(=S)N(CCC(=O)O)C2=O)c(C)c(C#N)c1=O. The smallest absolute Gasteiger partial charge is 0.305 e. The Morgan fingerprint density at radius 1 is 1.24 bits per heavy atom. The monoisotopic (exact) mass is 550 g/mol. The average molecular weight is 551 g/mol. The molecule has 0 radical (unpaired) electrons. The van der Waals surface area contributed by atoms with Gasteiger partial charge in [0.2, 0.25) is 0 Å². The second kappa shape index (κ2) is 12.0. The Kier molecular flexibility index (Phi) is 8.69. The maximum Gasteiger partial charge on any atom is 0.305 e. The molecule has 0 saturated carbocycles. The first-order chi connectivity index (χ1) is 18.2. The van der Waals surface area contributed by atoms with Gasteiger partial charge in [0.05, 0.1) is 11.3 Å². The highest BCUT2D eigenvalue weighted by Gasteiger charge is 2.34. The molecule has 1 N–H and O–H groups in total. The second-order valence-electron chi connectivity index (χ2n) is 9.50. The van der Waals surface area contributed by atoms with Crippen LogP contribution in [0.1, 0.15) is 48.4 Å². The molecule has 4 rings (SSSR count). The molecule has 0 unspecified atom stereocenters. The Morgan fingerprint density at radius 3 is 2.53 bits per heavy atom. The van der Waals surface area contributed by atoms with Gasteiger partial charge in [0, 0.05) is 31.7 Å². The van der Waals surface area contributed by atoms with E-state index in [2.05, 4.69) is 35.2 Å². The zero-order chi connectivity index (χ0) is 27.4. The summed E-state index contributed by atoms with van der Waals surface area (Å²) in [7, 11) is 0. The van der Waals surface area contributed by atoms with Crippen molar-refractivity contribution in [1.29, 1.82) is 5.26 Å². The van der Waals surface area contributed by atoms with Crippen LogP contribution in [0.15, 0.2) is 40.0 Å². The maximum atomic E-state index is 13.3. The lowest BCUT2D eigenvalue weighted by atomic mass is 9.90. The second-order valence-corrected chi connectivity index (χ2v) is 11.2. The van der Waals surface area contributed by atoms with Crippen molar-refractivity contribution in [1.82, 2.24) is 9.47 Å². The van der Waals surface area contributed by atoms with Crippen molar-refractivity contribution >= 4 is 52.1 Å². The van der Waals surface area contributed by atoms with Gasteiger partial charge in [0.25, 0.3) is 11.5 Å². The summed E-state index contributed by atoms with van der Waals surface area (Å²) in [5.41, 5.74) is 2.22. The van der Waals surface area contributed by atoms with E-state index in [1.54, 1.807) is 17.6 Å². The summed E-state index contributed by atoms with van der Waals surface area (Å²) >= 11 is 6.47. The van der Waals surface area contributed by atoms with E-state index in [-0.39, 0.29) is 30.0 Å². The van der Waals surface area contributed by atoms with Crippen LogP contribution >= 0.6 is 24.0 Å². The van der Waals surface area contributed by atoms with E-state index in [4.69, 9.17) is 17.3 Å². The van der Waals surface area contributed by atoms with Gasteiger partial charge in [-0.05, 0) is 56.2 Å². The van der Waals surface area contributed by atoms with Crippen LogP contribution in [0.2, 0.25) is 0 Å². The molecule has 198 valence electrons. The number of carbonyl (C=O) groups excluding carboxylic acids is 1. The van der Waals surface area contributed by atoms with E-state index in [1.165, 1.54) is 10.5 Å². The summed E-state index contributed by atoms with van der Waals surface area (Å²) in [6.07, 6.45) is 4.44. The van der Waals surface area contributed by atoms with Crippen molar-refractivity contribution < 1.29 is 14.7 Å². The molecule has 0 aliphatic carbocycles. The maximum absolute atomic E-state index is 13.3. The number of thioether (sulfide) groups is 1. The number of anilines is 1. The number of nitrogens with zero attached hydrogens (tertiary/aromatic N) is 4. The summed E-state index contributed by atoms with van der Waals surface area (Å²) in [5.74, 6) is -0.127. The third-order valence-corrected chi connectivity index (χ3v) is 8.52. The lowest BCUT2D eigenvalue weighted by Gasteiger charge is -2.36. The number of carboxylic acid groups (broad SMARTS) is 1. The molecule has 2 saturated heterocycles. The molecule has 0 bridgehead atoms. The van der Waals surface area contributed by atoms with Gasteiger partial charge in [0.1, 0.15) is 21.8 Å². The van der Waals surface area contributed by atoms with Crippen LogP contribution in [0, 0.1) is 24.2 Å². The van der Waals surface area contributed by atoms with E-state index in [1.807, 2.05) is 13.0 Å². The van der Waals surface area contributed by atoms with Gasteiger partial charge in [0.15, 0.2) is 0 Å². The summed E-state index contributed by atoms with van der Waals surface area (Å²) in [6.45, 7) is 5.50. The minimum Gasteiger partial charge on any atom is -0.481 e. The number of pyridine rings is 1. The summed E-state index contributed by atoms with van der Waals surface area (Å²) in [4.78, 5) is 41.3. The fourth-order valence-corrected chi connectivity index (χ4v) is 6.40. The van der Waals surface area contributed by atoms with Gasteiger partial charge in [-0.3, -0.25) is 23.9 Å². The predicted molar refractivity (Wildman–Crippen MR) is 153 cm³/mol. The number of aromatic nitrogens is 1. The fourth-order valence-electron chi connectivity index (χ4n) is 5.11. The summed E-state index contributed by atoms with van der Waals surface area (Å²) in [5, 5.41) is 18.8. The van der Waals surface area contributed by atoms with Crippen molar-refractivity contribution in [3.05, 3.63) is 67.8 Å². The van der Waals surface area contributed by atoms with E-state index in [0.29, 0.717) is 38.6 Å². The number of carbonyl (C=O) groups is 2. The van der Waals surface area contributed by atoms with Crippen LogP contribution in [-0.4, -0.2) is 50.4 Å². The van der Waals surface area contributed by atoms with Crippen molar-refractivity contribution in [3.8, 4) is 6.07 Å². The number of thiocarbonyl (C=S) groups is 1. The molecule has 10 heteroatoms. The number of hydrogen-bond donors (Lipinski definition) is 1. The number of benzene rings is 1. The van der Waals surface area contributed by atoms with Crippen molar-refractivity contribution in [2.75, 3.05) is 24.5 Å². The molecule has 2 aliphatic rings. The van der Waals surface area contributed by atoms with Gasteiger partial charge >= 0.3 is 5.97 Å². The van der Waals surface area contributed by atoms with Gasteiger partial charge in [-0.1, -0.05) is 54.3 Å². The third-order valence-electron chi connectivity index (χ3n) is 7.14. The number of rotatable bonds is 8. The lowest BCUT2D eigenvalue weighted by Crippen LogP contribution is -2.39. The van der Waals surface area contributed by atoms with Crippen LogP contribution < -0.4 is 10.5 Å². The topological polar surface area (TPSA) is 107 Å². The molecule has 38 heavy (non-hydrogen) atoms. The molecule has 1 amide bonds. The minimum atomic E-state index is -1.01. The number of piperidine rings is 1. The largest absolute Gasteiger partial charge is 0.481 e. The Morgan fingerprint density at radius 2 is 1.92 bits per heavy atom. The van der Waals surface area contributed by atoms with Gasteiger partial charge in [-0.25, -0.2) is 0 Å². The van der Waals surface area contributed by atoms with Crippen LogP contribution in [-0.2, 0) is 22.6 Å². The molecule has 2 aliphatic heterocycles. The first-order valence-corrected chi connectivity index (χ1v) is 13.9. The number of carboxylic acids is 1. The van der Waals surface area contributed by atoms with E-state index >= 15 is 0 Å². The molecular formula is C28H30N4O4S2. The van der Waals surface area contributed by atoms with Crippen LogP contribution in [0.25, 0.3) is 6.08 Å². The normalized spacial score (nSPS) is 17.3. The quantitative estimate of drug-likeness (QED) is 0.385.